The van der Waals surface area contributed by atoms with Crippen molar-refractivity contribution >= 4 is 11.9 Å². The van der Waals surface area contributed by atoms with E-state index in [9.17, 15) is 4.79 Å². The van der Waals surface area contributed by atoms with Crippen LogP contribution in [0.5, 0.6) is 0 Å². The molecule has 14 heavy (non-hydrogen) atoms. The Bertz CT molecular complexity index is 314. The largest absolute Gasteiger partial charge is 0.306 e. The van der Waals surface area contributed by atoms with Crippen LogP contribution >= 0.6 is 0 Å². The second-order valence-electron chi connectivity index (χ2n) is 3.41. The minimum Gasteiger partial charge on any atom is -0.306 e. The first kappa shape index (κ1) is 10.7. The van der Waals surface area contributed by atoms with Gasteiger partial charge in [-0.2, -0.15) is 0 Å². The van der Waals surface area contributed by atoms with Gasteiger partial charge in [0.15, 0.2) is 0 Å². The second kappa shape index (κ2) is 5.35. The van der Waals surface area contributed by atoms with E-state index in [0.717, 1.165) is 24.0 Å². The van der Waals surface area contributed by atoms with Gasteiger partial charge in [0.05, 0.1) is 0 Å². The molecule has 0 saturated carbocycles. The monoisotopic (exact) mass is 189 g/mol. The van der Waals surface area contributed by atoms with Crippen molar-refractivity contribution in [3.05, 3.63) is 42.0 Å². The number of carbonyl (C=O) groups is 1. The van der Waals surface area contributed by atoms with Crippen molar-refractivity contribution in [1.29, 1.82) is 0 Å². The minimum atomic E-state index is 0.749. The van der Waals surface area contributed by atoms with E-state index in [1.54, 1.807) is 0 Å². The van der Waals surface area contributed by atoms with E-state index >= 15 is 0 Å². The molecule has 0 spiro atoms. The highest BCUT2D eigenvalue weighted by molar-refractivity contribution is 6.06. The van der Waals surface area contributed by atoms with Crippen LogP contribution in [0, 0.1) is 0 Å². The molecule has 0 saturated heterocycles. The molecule has 0 N–H and O–H groups in total. The van der Waals surface area contributed by atoms with Gasteiger partial charge in [0.1, 0.15) is 6.29 Å². The molecule has 0 heterocycles. The van der Waals surface area contributed by atoms with Gasteiger partial charge < -0.3 is 4.90 Å². The molecule has 2 heteroatoms. The summed E-state index contributed by atoms with van der Waals surface area (Å²) in [6, 6.07) is 9.69. The van der Waals surface area contributed by atoms with Crippen molar-refractivity contribution in [2.45, 2.75) is 0 Å². The highest BCUT2D eigenvalue weighted by Gasteiger charge is 1.98. The Labute approximate surface area is 84.9 Å². The third kappa shape index (κ3) is 3.15. The molecule has 74 valence electrons. The highest BCUT2D eigenvalue weighted by atomic mass is 16.1. The lowest BCUT2D eigenvalue weighted by Gasteiger charge is -2.06. The number of nitrogens with zero attached hydrogens (tertiary/aromatic N) is 1. The summed E-state index contributed by atoms with van der Waals surface area (Å²) in [6.45, 7) is 0.781. The number of benzene rings is 1. The third-order valence-electron chi connectivity index (χ3n) is 1.91. The molecule has 2 nitrogen and oxygen atoms in total. The van der Waals surface area contributed by atoms with E-state index in [1.165, 1.54) is 0 Å². The quantitative estimate of drug-likeness (QED) is 0.532. The Hall–Kier alpha value is -1.41. The molecular formula is C12H15NO. The molecule has 0 unspecified atom stereocenters. The SMILES string of the molecule is CN(C)CC=C(C=O)c1ccccc1. The number of allylic oxidation sites excluding steroid dienone is 1. The first-order chi connectivity index (χ1) is 6.74. The van der Waals surface area contributed by atoms with Crippen molar-refractivity contribution < 1.29 is 4.79 Å². The van der Waals surface area contributed by atoms with Crippen LogP contribution in [0.4, 0.5) is 0 Å². The first-order valence-corrected chi connectivity index (χ1v) is 4.59. The fourth-order valence-corrected chi connectivity index (χ4v) is 1.15. The predicted molar refractivity (Wildman–Crippen MR) is 59.0 cm³/mol. The number of hydrogen-bond donors (Lipinski definition) is 0. The Morgan fingerprint density at radius 3 is 2.43 bits per heavy atom. The van der Waals surface area contributed by atoms with E-state index in [2.05, 4.69) is 0 Å². The Morgan fingerprint density at radius 1 is 1.29 bits per heavy atom. The Kier molecular flexibility index (Phi) is 4.08. The average Bonchev–Trinajstić information content (AvgIpc) is 2.20. The number of aldehydes is 1. The highest BCUT2D eigenvalue weighted by Crippen LogP contribution is 2.10. The normalized spacial score (nSPS) is 11.8. The summed E-state index contributed by atoms with van der Waals surface area (Å²) in [6.07, 6.45) is 2.83. The summed E-state index contributed by atoms with van der Waals surface area (Å²) >= 11 is 0. The Morgan fingerprint density at radius 2 is 1.93 bits per heavy atom. The van der Waals surface area contributed by atoms with Crippen molar-refractivity contribution in [3.63, 3.8) is 0 Å². The van der Waals surface area contributed by atoms with E-state index < -0.39 is 0 Å². The summed E-state index contributed by atoms with van der Waals surface area (Å²) in [7, 11) is 3.95. The van der Waals surface area contributed by atoms with Gasteiger partial charge in [-0.25, -0.2) is 0 Å². The van der Waals surface area contributed by atoms with Gasteiger partial charge in [-0.1, -0.05) is 36.4 Å². The molecule has 0 aliphatic carbocycles. The van der Waals surface area contributed by atoms with Crippen LogP contribution in [-0.4, -0.2) is 31.8 Å². The molecule has 0 aromatic heterocycles. The molecular weight excluding hydrogens is 174 g/mol. The van der Waals surface area contributed by atoms with Crippen molar-refractivity contribution in [2.75, 3.05) is 20.6 Å². The van der Waals surface area contributed by atoms with Gasteiger partial charge in [-0.15, -0.1) is 0 Å². The Balaban J connectivity index is 2.82. The molecule has 0 atom stereocenters. The first-order valence-electron chi connectivity index (χ1n) is 4.59. The smallest absolute Gasteiger partial charge is 0.150 e. The van der Waals surface area contributed by atoms with Crippen LogP contribution in [0.25, 0.3) is 5.57 Å². The van der Waals surface area contributed by atoms with Crippen LogP contribution < -0.4 is 0 Å². The molecule has 1 aromatic carbocycles. The second-order valence-corrected chi connectivity index (χ2v) is 3.41. The number of likely N-dealkylation sites (N-methyl/N-ethyl adjacent to an activating group) is 1. The van der Waals surface area contributed by atoms with Crippen molar-refractivity contribution in [3.8, 4) is 0 Å². The molecule has 1 aromatic rings. The zero-order chi connectivity index (χ0) is 10.4. The summed E-state index contributed by atoms with van der Waals surface area (Å²) in [5.41, 5.74) is 1.73. The van der Waals surface area contributed by atoms with Gasteiger partial charge in [-0.05, 0) is 19.7 Å². The standard InChI is InChI=1S/C12H15NO/c1-13(2)9-8-12(10-14)11-6-4-3-5-7-11/h3-8,10H,9H2,1-2H3. The molecule has 0 fully saturated rings. The lowest BCUT2D eigenvalue weighted by atomic mass is 10.1. The molecule has 0 bridgehead atoms. The zero-order valence-electron chi connectivity index (χ0n) is 8.60. The fourth-order valence-electron chi connectivity index (χ4n) is 1.15. The van der Waals surface area contributed by atoms with Gasteiger partial charge in [0.25, 0.3) is 0 Å². The number of hydrogen-bond acceptors (Lipinski definition) is 2. The number of rotatable bonds is 4. The molecule has 0 aliphatic heterocycles. The number of carbonyl (C=O) groups excluding carboxylic acids is 1. The maximum absolute atomic E-state index is 10.8. The van der Waals surface area contributed by atoms with E-state index in [4.69, 9.17) is 0 Å². The molecule has 0 amide bonds. The maximum atomic E-state index is 10.8. The van der Waals surface area contributed by atoms with Crippen LogP contribution in [0.1, 0.15) is 5.56 Å². The molecule has 1 rings (SSSR count). The van der Waals surface area contributed by atoms with Crippen molar-refractivity contribution in [1.82, 2.24) is 4.90 Å². The van der Waals surface area contributed by atoms with Gasteiger partial charge >= 0.3 is 0 Å². The summed E-state index contributed by atoms with van der Waals surface area (Å²) < 4.78 is 0. The van der Waals surface area contributed by atoms with Crippen LogP contribution in [-0.2, 0) is 4.79 Å². The molecule has 0 aliphatic rings. The topological polar surface area (TPSA) is 20.3 Å². The predicted octanol–water partition coefficient (Wildman–Crippen LogP) is 1.83. The van der Waals surface area contributed by atoms with E-state index in [0.29, 0.717) is 0 Å². The van der Waals surface area contributed by atoms with Crippen molar-refractivity contribution in [2.24, 2.45) is 0 Å². The van der Waals surface area contributed by atoms with Crippen LogP contribution in [0.2, 0.25) is 0 Å². The zero-order valence-corrected chi connectivity index (χ0v) is 8.60. The van der Waals surface area contributed by atoms with Crippen LogP contribution in [0.3, 0.4) is 0 Å². The molecule has 0 radical (unpaired) electrons. The van der Waals surface area contributed by atoms with Gasteiger partial charge in [0.2, 0.25) is 0 Å². The third-order valence-corrected chi connectivity index (χ3v) is 1.91. The fraction of sp³-hybridized carbons (Fsp3) is 0.250. The average molecular weight is 189 g/mol. The van der Waals surface area contributed by atoms with E-state index in [-0.39, 0.29) is 0 Å². The summed E-state index contributed by atoms with van der Waals surface area (Å²) in [4.78, 5) is 12.9. The minimum absolute atomic E-state index is 0.749. The van der Waals surface area contributed by atoms with Crippen LogP contribution in [0.15, 0.2) is 36.4 Å². The maximum Gasteiger partial charge on any atom is 0.150 e. The van der Waals surface area contributed by atoms with Gasteiger partial charge in [0, 0.05) is 12.1 Å². The summed E-state index contributed by atoms with van der Waals surface area (Å²) in [5.74, 6) is 0. The summed E-state index contributed by atoms with van der Waals surface area (Å²) in [5, 5.41) is 0. The lowest BCUT2D eigenvalue weighted by molar-refractivity contribution is -0.103. The van der Waals surface area contributed by atoms with Gasteiger partial charge in [-0.3, -0.25) is 4.79 Å². The lowest BCUT2D eigenvalue weighted by Crippen LogP contribution is -2.11. The van der Waals surface area contributed by atoms with E-state index in [1.807, 2.05) is 55.4 Å².